The van der Waals surface area contributed by atoms with Gasteiger partial charge in [-0.1, -0.05) is 12.2 Å². The third kappa shape index (κ3) is 4.67. The summed E-state index contributed by atoms with van der Waals surface area (Å²) in [5.41, 5.74) is 4.47. The van der Waals surface area contributed by atoms with Crippen LogP contribution in [0.1, 0.15) is 29.8 Å². The summed E-state index contributed by atoms with van der Waals surface area (Å²) in [6.45, 7) is 3.48. The van der Waals surface area contributed by atoms with Crippen molar-refractivity contribution in [3.8, 4) is 0 Å². The van der Waals surface area contributed by atoms with Crippen molar-refractivity contribution in [3.05, 3.63) is 33.8 Å². The molecule has 0 aromatic heterocycles. The summed E-state index contributed by atoms with van der Waals surface area (Å²) in [4.78, 5) is 13.9. The molecular weight excluding hydrogens is 369 g/mol. The van der Waals surface area contributed by atoms with E-state index in [1.165, 1.54) is 11.0 Å². The first kappa shape index (κ1) is 17.9. The van der Waals surface area contributed by atoms with Crippen LogP contribution in [0.3, 0.4) is 0 Å². The monoisotopic (exact) mass is 382 g/mol. The Morgan fingerprint density at radius 1 is 1.43 bits per heavy atom. The van der Waals surface area contributed by atoms with Gasteiger partial charge in [0.25, 0.3) is 5.91 Å². The average molecular weight is 383 g/mol. The van der Waals surface area contributed by atoms with E-state index >= 15 is 0 Å². The smallest absolute Gasteiger partial charge is 0.392 e. The van der Waals surface area contributed by atoms with Gasteiger partial charge in [0.05, 0.1) is 22.7 Å². The molecule has 0 bridgehead atoms. The second-order valence-corrected chi connectivity index (χ2v) is 6.06. The van der Waals surface area contributed by atoms with Crippen molar-refractivity contribution in [2.24, 2.45) is 5.73 Å². The molecule has 0 aliphatic heterocycles. The second-order valence-electron chi connectivity index (χ2n) is 4.69. The van der Waals surface area contributed by atoms with Crippen molar-refractivity contribution in [1.29, 1.82) is 0 Å². The Hall–Kier alpha value is -1.15. The van der Waals surface area contributed by atoms with E-state index < -0.39 is 17.6 Å². The molecule has 2 N–H and O–H groups in total. The average Bonchev–Trinajstić information content (AvgIpc) is 2.33. The van der Waals surface area contributed by atoms with Crippen molar-refractivity contribution in [3.63, 3.8) is 0 Å². The maximum atomic E-state index is 12.8. The summed E-state index contributed by atoms with van der Waals surface area (Å²) in [6, 6.07) is 2.69. The number of amides is 1. The van der Waals surface area contributed by atoms with Gasteiger partial charge >= 0.3 is 6.18 Å². The third-order valence-corrected chi connectivity index (χ3v) is 3.56. The number of nitrogens with two attached hydrogens (primary N) is 1. The topological polar surface area (TPSA) is 46.3 Å². The van der Waals surface area contributed by atoms with E-state index in [1.807, 2.05) is 0 Å². The Morgan fingerprint density at radius 2 is 2.00 bits per heavy atom. The molecule has 21 heavy (non-hydrogen) atoms. The van der Waals surface area contributed by atoms with Gasteiger partial charge in [-0.05, 0) is 48.0 Å². The van der Waals surface area contributed by atoms with Crippen molar-refractivity contribution in [1.82, 2.24) is 4.90 Å². The fourth-order valence-corrected chi connectivity index (χ4v) is 2.23. The van der Waals surface area contributed by atoms with Crippen LogP contribution in [0.2, 0.25) is 0 Å². The molecule has 0 atom stereocenters. The van der Waals surface area contributed by atoms with E-state index in [9.17, 15) is 18.0 Å². The number of rotatable bonds is 4. The molecule has 1 amide bonds. The van der Waals surface area contributed by atoms with Gasteiger partial charge in [0.2, 0.25) is 0 Å². The van der Waals surface area contributed by atoms with Crippen LogP contribution in [0.4, 0.5) is 13.2 Å². The molecule has 0 fully saturated rings. The Labute approximate surface area is 134 Å². The lowest BCUT2D eigenvalue weighted by atomic mass is 10.1. The molecule has 116 valence electrons. The van der Waals surface area contributed by atoms with Crippen LogP contribution in [0.5, 0.6) is 0 Å². The fraction of sp³-hybridized carbons (Fsp3) is 0.385. The molecule has 0 aliphatic carbocycles. The zero-order valence-corrected chi connectivity index (χ0v) is 13.8. The van der Waals surface area contributed by atoms with Gasteiger partial charge in [0, 0.05) is 10.5 Å². The maximum Gasteiger partial charge on any atom is 0.416 e. The molecule has 1 aromatic rings. The predicted molar refractivity (Wildman–Crippen MR) is 82.1 cm³/mol. The maximum absolute atomic E-state index is 12.8. The highest BCUT2D eigenvalue weighted by Crippen LogP contribution is 2.32. The van der Waals surface area contributed by atoms with E-state index in [1.54, 1.807) is 13.8 Å². The molecule has 8 heteroatoms. The van der Waals surface area contributed by atoms with Crippen molar-refractivity contribution in [2.75, 3.05) is 6.54 Å². The molecule has 0 radical (unpaired) electrons. The lowest BCUT2D eigenvalue weighted by Crippen LogP contribution is -2.42. The van der Waals surface area contributed by atoms with Crippen LogP contribution < -0.4 is 5.73 Å². The number of halogens is 4. The number of thiocarbonyl (C=S) groups is 1. The number of hydrogen-bond donors (Lipinski definition) is 1. The first-order valence-corrected chi connectivity index (χ1v) is 7.20. The highest BCUT2D eigenvalue weighted by atomic mass is 79.9. The van der Waals surface area contributed by atoms with E-state index in [0.29, 0.717) is 0 Å². The van der Waals surface area contributed by atoms with Crippen LogP contribution in [-0.4, -0.2) is 28.4 Å². The number of benzene rings is 1. The third-order valence-electron chi connectivity index (χ3n) is 2.73. The lowest BCUT2D eigenvalue weighted by Gasteiger charge is -2.27. The van der Waals surface area contributed by atoms with Crippen LogP contribution >= 0.6 is 28.1 Å². The molecule has 1 rings (SSSR count). The first-order valence-electron chi connectivity index (χ1n) is 6.00. The largest absolute Gasteiger partial charge is 0.416 e. The van der Waals surface area contributed by atoms with Gasteiger partial charge in [-0.2, -0.15) is 13.2 Å². The normalized spacial score (nSPS) is 11.6. The van der Waals surface area contributed by atoms with Gasteiger partial charge in [-0.3, -0.25) is 4.79 Å². The van der Waals surface area contributed by atoms with Gasteiger partial charge in [-0.25, -0.2) is 0 Å². The van der Waals surface area contributed by atoms with Crippen molar-refractivity contribution >= 4 is 39.0 Å². The van der Waals surface area contributed by atoms with E-state index in [2.05, 4.69) is 15.9 Å². The number of carbonyl (C=O) groups excluding carboxylic acids is 1. The summed E-state index contributed by atoms with van der Waals surface area (Å²) in [7, 11) is 0. The van der Waals surface area contributed by atoms with E-state index in [4.69, 9.17) is 18.0 Å². The van der Waals surface area contributed by atoms with E-state index in [-0.39, 0.29) is 27.6 Å². The molecule has 1 aromatic carbocycles. The van der Waals surface area contributed by atoms with Crippen molar-refractivity contribution in [2.45, 2.75) is 26.1 Å². The van der Waals surface area contributed by atoms with Gasteiger partial charge in [0.1, 0.15) is 0 Å². The summed E-state index contributed by atoms with van der Waals surface area (Å²) in [6.07, 6.45) is -4.51. The van der Waals surface area contributed by atoms with Crippen LogP contribution in [0.25, 0.3) is 0 Å². The Balaban J connectivity index is 3.24. The van der Waals surface area contributed by atoms with Gasteiger partial charge in [-0.15, -0.1) is 0 Å². The minimum absolute atomic E-state index is 0.00845. The Kier molecular flexibility index (Phi) is 5.75. The quantitative estimate of drug-likeness (QED) is 0.809. The highest BCUT2D eigenvalue weighted by molar-refractivity contribution is 9.10. The van der Waals surface area contributed by atoms with Gasteiger partial charge in [0.15, 0.2) is 0 Å². The second kappa shape index (κ2) is 6.74. The van der Waals surface area contributed by atoms with Gasteiger partial charge < -0.3 is 10.6 Å². The number of alkyl halides is 3. The molecule has 0 aliphatic rings. The number of carbonyl (C=O) groups is 1. The minimum atomic E-state index is -4.51. The molecule has 3 nitrogen and oxygen atoms in total. The fourth-order valence-electron chi connectivity index (χ4n) is 1.68. The highest BCUT2D eigenvalue weighted by Gasteiger charge is 2.32. The molecule has 0 saturated carbocycles. The standard InChI is InChI=1S/C13H14BrF3N2OS/c1-7(2)19(6-11(18)21)12(20)9-5-8(13(15,16)17)3-4-10(9)14/h3-5,7H,6H2,1-2H3,(H2,18,21). The SMILES string of the molecule is CC(C)N(CC(N)=S)C(=O)c1cc(C(F)(F)F)ccc1Br. The summed E-state index contributed by atoms with van der Waals surface area (Å²) in [5, 5.41) is 0. The number of hydrogen-bond acceptors (Lipinski definition) is 2. The minimum Gasteiger partial charge on any atom is -0.392 e. The van der Waals surface area contributed by atoms with Crippen molar-refractivity contribution < 1.29 is 18.0 Å². The number of nitrogens with zero attached hydrogens (tertiary/aromatic N) is 1. The summed E-state index contributed by atoms with van der Waals surface area (Å²) >= 11 is 7.87. The van der Waals surface area contributed by atoms with Crippen LogP contribution in [-0.2, 0) is 6.18 Å². The van der Waals surface area contributed by atoms with E-state index in [0.717, 1.165) is 12.1 Å². The molecule has 0 heterocycles. The molecule has 0 spiro atoms. The zero-order valence-electron chi connectivity index (χ0n) is 11.4. The first-order chi connectivity index (χ1) is 9.54. The zero-order chi connectivity index (χ0) is 16.4. The summed E-state index contributed by atoms with van der Waals surface area (Å²) in [5.74, 6) is -0.559. The van der Waals surface area contributed by atoms with Crippen LogP contribution in [0.15, 0.2) is 22.7 Å². The predicted octanol–water partition coefficient (Wildman–Crippen LogP) is 3.60. The summed E-state index contributed by atoms with van der Waals surface area (Å²) < 4.78 is 38.5. The Morgan fingerprint density at radius 3 is 2.43 bits per heavy atom. The Bertz CT molecular complexity index is 561. The molecule has 0 unspecified atom stereocenters. The van der Waals surface area contributed by atoms with Crippen LogP contribution in [0, 0.1) is 0 Å². The molecule has 0 saturated heterocycles. The lowest BCUT2D eigenvalue weighted by molar-refractivity contribution is -0.137. The molecular formula is C13H14BrF3N2OS.